The molecule has 94 valence electrons. The van der Waals surface area contributed by atoms with Gasteiger partial charge in [-0.2, -0.15) is 5.10 Å². The summed E-state index contributed by atoms with van der Waals surface area (Å²) in [6.07, 6.45) is 0.398. The molecule has 0 saturated heterocycles. The highest BCUT2D eigenvalue weighted by Crippen LogP contribution is 2.20. The van der Waals surface area contributed by atoms with Crippen LogP contribution in [0.5, 0.6) is 0 Å². The molecule has 0 saturated carbocycles. The second-order valence-corrected chi connectivity index (χ2v) is 5.22. The summed E-state index contributed by atoms with van der Waals surface area (Å²) in [6.45, 7) is 3.80. The van der Waals surface area contributed by atoms with E-state index in [-0.39, 0.29) is 5.78 Å². The minimum atomic E-state index is 0.116. The summed E-state index contributed by atoms with van der Waals surface area (Å²) in [7, 11) is 1.86. The van der Waals surface area contributed by atoms with Crippen molar-refractivity contribution in [3.8, 4) is 0 Å². The second-order valence-electron chi connectivity index (χ2n) is 4.36. The van der Waals surface area contributed by atoms with Crippen molar-refractivity contribution in [1.29, 1.82) is 0 Å². The largest absolute Gasteiger partial charge is 0.294 e. The monoisotopic (exact) mass is 306 g/mol. The predicted octanol–water partition coefficient (Wildman–Crippen LogP) is 3.22. The maximum atomic E-state index is 12.3. The Morgan fingerprint density at radius 1 is 1.33 bits per heavy atom. The standard InChI is InChI=1S/C14H15BrN2O/c1-9-14(10(2)17(3)16-9)13(18)8-11-6-4-5-7-12(11)15/h4-7H,8H2,1-3H3. The fourth-order valence-corrected chi connectivity index (χ4v) is 2.51. The third-order valence-corrected chi connectivity index (χ3v) is 3.87. The Hall–Kier alpha value is -1.42. The highest BCUT2D eigenvalue weighted by molar-refractivity contribution is 9.10. The Morgan fingerprint density at radius 3 is 2.56 bits per heavy atom. The van der Waals surface area contributed by atoms with Gasteiger partial charge in [-0.3, -0.25) is 9.48 Å². The molecule has 0 aliphatic heterocycles. The Morgan fingerprint density at radius 2 is 2.00 bits per heavy atom. The van der Waals surface area contributed by atoms with Gasteiger partial charge in [0.05, 0.1) is 11.3 Å². The SMILES string of the molecule is Cc1nn(C)c(C)c1C(=O)Cc1ccccc1Br. The first-order chi connectivity index (χ1) is 8.50. The first-order valence-corrected chi connectivity index (χ1v) is 6.56. The van der Waals surface area contributed by atoms with Crippen LogP contribution in [0.15, 0.2) is 28.7 Å². The van der Waals surface area contributed by atoms with Crippen LogP contribution in [0.4, 0.5) is 0 Å². The van der Waals surface area contributed by atoms with Gasteiger partial charge in [0.1, 0.15) is 0 Å². The zero-order valence-corrected chi connectivity index (χ0v) is 12.3. The lowest BCUT2D eigenvalue weighted by Gasteiger charge is -2.04. The van der Waals surface area contributed by atoms with Crippen molar-refractivity contribution >= 4 is 21.7 Å². The maximum Gasteiger partial charge on any atom is 0.170 e. The van der Waals surface area contributed by atoms with Crippen molar-refractivity contribution in [1.82, 2.24) is 9.78 Å². The van der Waals surface area contributed by atoms with Crippen LogP contribution in [-0.4, -0.2) is 15.6 Å². The lowest BCUT2D eigenvalue weighted by atomic mass is 10.0. The highest BCUT2D eigenvalue weighted by atomic mass is 79.9. The summed E-state index contributed by atoms with van der Waals surface area (Å²) in [4.78, 5) is 12.3. The molecule has 1 aromatic carbocycles. The van der Waals surface area contributed by atoms with Crippen LogP contribution >= 0.6 is 15.9 Å². The maximum absolute atomic E-state index is 12.3. The smallest absolute Gasteiger partial charge is 0.170 e. The highest BCUT2D eigenvalue weighted by Gasteiger charge is 2.18. The van der Waals surface area contributed by atoms with E-state index in [0.29, 0.717) is 6.42 Å². The van der Waals surface area contributed by atoms with Gasteiger partial charge in [-0.1, -0.05) is 34.1 Å². The summed E-state index contributed by atoms with van der Waals surface area (Å²) in [5, 5.41) is 4.28. The molecule has 0 unspecified atom stereocenters. The molecule has 0 bridgehead atoms. The fourth-order valence-electron chi connectivity index (χ4n) is 2.08. The lowest BCUT2D eigenvalue weighted by molar-refractivity contribution is 0.0991. The number of carbonyl (C=O) groups excluding carboxylic acids is 1. The van der Waals surface area contributed by atoms with E-state index in [1.54, 1.807) is 4.68 Å². The van der Waals surface area contributed by atoms with Crippen LogP contribution in [0.3, 0.4) is 0 Å². The zero-order chi connectivity index (χ0) is 13.3. The van der Waals surface area contributed by atoms with Gasteiger partial charge in [-0.05, 0) is 25.5 Å². The third kappa shape index (κ3) is 2.38. The van der Waals surface area contributed by atoms with Gasteiger partial charge in [-0.25, -0.2) is 0 Å². The first-order valence-electron chi connectivity index (χ1n) is 5.77. The number of nitrogens with zero attached hydrogens (tertiary/aromatic N) is 2. The van der Waals surface area contributed by atoms with Crippen LogP contribution in [0.2, 0.25) is 0 Å². The van der Waals surface area contributed by atoms with Crippen LogP contribution in [0.25, 0.3) is 0 Å². The average molecular weight is 307 g/mol. The first kappa shape index (κ1) is 13.0. The Bertz CT molecular complexity index is 602. The van der Waals surface area contributed by atoms with Crippen molar-refractivity contribution in [2.24, 2.45) is 7.05 Å². The Balaban J connectivity index is 2.31. The van der Waals surface area contributed by atoms with Crippen LogP contribution in [0, 0.1) is 13.8 Å². The predicted molar refractivity (Wildman–Crippen MR) is 74.9 cm³/mol. The molecule has 0 N–H and O–H groups in total. The number of Topliss-reactive ketones (excluding diaryl/α,β-unsaturated/α-hetero) is 1. The minimum Gasteiger partial charge on any atom is -0.294 e. The summed E-state index contributed by atoms with van der Waals surface area (Å²) in [5.74, 6) is 0.116. The molecular weight excluding hydrogens is 292 g/mol. The lowest BCUT2D eigenvalue weighted by Crippen LogP contribution is -2.07. The number of aromatic nitrogens is 2. The summed E-state index contributed by atoms with van der Waals surface area (Å²) >= 11 is 3.47. The van der Waals surface area contributed by atoms with E-state index in [9.17, 15) is 4.79 Å². The molecule has 0 aliphatic carbocycles. The van der Waals surface area contributed by atoms with E-state index in [0.717, 1.165) is 27.0 Å². The molecule has 0 radical (unpaired) electrons. The van der Waals surface area contributed by atoms with Crippen LogP contribution in [0.1, 0.15) is 27.3 Å². The molecule has 1 aromatic heterocycles. The van der Waals surface area contributed by atoms with Gasteiger partial charge in [0.15, 0.2) is 5.78 Å². The molecule has 1 heterocycles. The number of aryl methyl sites for hydroxylation is 2. The molecule has 2 aromatic rings. The molecule has 18 heavy (non-hydrogen) atoms. The number of hydrogen-bond acceptors (Lipinski definition) is 2. The quantitative estimate of drug-likeness (QED) is 0.816. The molecule has 4 heteroatoms. The number of hydrogen-bond donors (Lipinski definition) is 0. The third-order valence-electron chi connectivity index (χ3n) is 3.10. The average Bonchev–Trinajstić information content (AvgIpc) is 2.56. The number of benzene rings is 1. The van der Waals surface area contributed by atoms with Gasteiger partial charge in [0.2, 0.25) is 0 Å². The number of carbonyl (C=O) groups is 1. The molecule has 0 amide bonds. The van der Waals surface area contributed by atoms with Crippen LogP contribution < -0.4 is 0 Å². The van der Waals surface area contributed by atoms with Crippen molar-refractivity contribution in [2.45, 2.75) is 20.3 Å². The van der Waals surface area contributed by atoms with Gasteiger partial charge < -0.3 is 0 Å². The molecule has 0 spiro atoms. The van der Waals surface area contributed by atoms with E-state index >= 15 is 0 Å². The van der Waals surface area contributed by atoms with E-state index < -0.39 is 0 Å². The topological polar surface area (TPSA) is 34.9 Å². The van der Waals surface area contributed by atoms with Crippen molar-refractivity contribution in [2.75, 3.05) is 0 Å². The summed E-state index contributed by atoms with van der Waals surface area (Å²) in [5.41, 5.74) is 3.47. The fraction of sp³-hybridized carbons (Fsp3) is 0.286. The van der Waals surface area contributed by atoms with Gasteiger partial charge in [0.25, 0.3) is 0 Å². The van der Waals surface area contributed by atoms with Gasteiger partial charge in [0, 0.05) is 23.6 Å². The molecule has 2 rings (SSSR count). The summed E-state index contributed by atoms with van der Waals surface area (Å²) < 4.78 is 2.72. The van der Waals surface area contributed by atoms with E-state index in [1.807, 2.05) is 45.2 Å². The van der Waals surface area contributed by atoms with E-state index in [1.165, 1.54) is 0 Å². The number of halogens is 1. The molecular formula is C14H15BrN2O. The zero-order valence-electron chi connectivity index (χ0n) is 10.7. The minimum absolute atomic E-state index is 0.116. The molecule has 0 aliphatic rings. The Labute approximate surface area is 115 Å². The second kappa shape index (κ2) is 5.06. The van der Waals surface area contributed by atoms with Crippen molar-refractivity contribution in [3.05, 3.63) is 51.3 Å². The molecule has 0 fully saturated rings. The van der Waals surface area contributed by atoms with Crippen molar-refractivity contribution < 1.29 is 4.79 Å². The van der Waals surface area contributed by atoms with E-state index in [2.05, 4.69) is 21.0 Å². The van der Waals surface area contributed by atoms with E-state index in [4.69, 9.17) is 0 Å². The van der Waals surface area contributed by atoms with Gasteiger partial charge >= 0.3 is 0 Å². The molecule has 3 nitrogen and oxygen atoms in total. The van der Waals surface area contributed by atoms with Gasteiger partial charge in [-0.15, -0.1) is 0 Å². The van der Waals surface area contributed by atoms with Crippen molar-refractivity contribution in [3.63, 3.8) is 0 Å². The normalized spacial score (nSPS) is 10.7. The number of ketones is 1. The van der Waals surface area contributed by atoms with Crippen LogP contribution in [-0.2, 0) is 13.5 Å². The summed E-state index contributed by atoms with van der Waals surface area (Å²) in [6, 6.07) is 7.80. The molecule has 0 atom stereocenters. The Kier molecular flexibility index (Phi) is 3.66. The number of rotatable bonds is 3.